The Hall–Kier alpha value is -4.55. The third kappa shape index (κ3) is 9.49. The van der Waals surface area contributed by atoms with Crippen molar-refractivity contribution in [3.63, 3.8) is 0 Å². The number of rotatable bonds is 9. The molecule has 2 aliphatic carbocycles. The summed E-state index contributed by atoms with van der Waals surface area (Å²) in [5.41, 5.74) is 1.23. The minimum absolute atomic E-state index is 0.0150. The quantitative estimate of drug-likeness (QED) is 0.188. The Morgan fingerprint density at radius 3 is 2.52 bits per heavy atom. The normalized spacial score (nSPS) is 26.9. The number of nitrogens with one attached hydrogen (secondary N) is 4. The number of ether oxygens (including phenoxy) is 2. The predicted molar refractivity (Wildman–Crippen MR) is 240 cm³/mol. The topological polar surface area (TPSA) is 203 Å². The second-order valence-electron chi connectivity index (χ2n) is 19.5. The number of amides is 4. The Morgan fingerprint density at radius 2 is 1.81 bits per heavy atom. The van der Waals surface area contributed by atoms with Crippen LogP contribution in [0.3, 0.4) is 0 Å². The lowest BCUT2D eigenvalue weighted by Crippen LogP contribution is -2.58. The van der Waals surface area contributed by atoms with Gasteiger partial charge in [0.2, 0.25) is 21.8 Å². The summed E-state index contributed by atoms with van der Waals surface area (Å²) >= 11 is 1.60. The highest BCUT2D eigenvalue weighted by molar-refractivity contribution is 7.91. The molecule has 63 heavy (non-hydrogen) atoms. The SMILES string of the molecule is CC(C)n1c(OC2CC3C(=O)NC4(C(=O)NS(=O)(=O)C5(C)CC5)CC4C=CCCCCCC(NC(=O)OC(C)(C)C)C(=O)N3C2)nc2c(-c3nc(C4CCNCC4)cs3)cccc21. The maximum absolute atomic E-state index is 14.8. The molecule has 4 amide bonds. The van der Waals surface area contributed by atoms with Crippen molar-refractivity contribution in [1.82, 2.24) is 40.1 Å². The van der Waals surface area contributed by atoms with E-state index in [-0.39, 0.29) is 25.4 Å². The number of sulfonamides is 1. The van der Waals surface area contributed by atoms with Gasteiger partial charge in [0.1, 0.15) is 39.9 Å². The van der Waals surface area contributed by atoms with E-state index in [0.717, 1.165) is 66.1 Å². The van der Waals surface area contributed by atoms with Gasteiger partial charge in [-0.3, -0.25) is 23.7 Å². The summed E-state index contributed by atoms with van der Waals surface area (Å²) in [5, 5.41) is 12.2. The molecule has 5 atom stereocenters. The van der Waals surface area contributed by atoms with Gasteiger partial charge in [0.25, 0.3) is 11.9 Å². The summed E-state index contributed by atoms with van der Waals surface area (Å²) in [5.74, 6) is -1.93. The van der Waals surface area contributed by atoms with Crippen LogP contribution in [0.2, 0.25) is 0 Å². The molecule has 0 spiro atoms. The second-order valence-corrected chi connectivity index (χ2v) is 22.6. The monoisotopic (exact) mass is 906 g/mol. The van der Waals surface area contributed by atoms with Crippen molar-refractivity contribution in [1.29, 1.82) is 0 Å². The molecule has 16 nitrogen and oxygen atoms in total. The molecule has 5 unspecified atom stereocenters. The van der Waals surface area contributed by atoms with Gasteiger partial charge in [0.15, 0.2) is 0 Å². The molecular formula is C45H62N8O8S2. The van der Waals surface area contributed by atoms with E-state index in [0.29, 0.717) is 44.0 Å². The summed E-state index contributed by atoms with van der Waals surface area (Å²) in [4.78, 5) is 68.2. The first kappa shape index (κ1) is 45.0. The summed E-state index contributed by atoms with van der Waals surface area (Å²) in [6.45, 7) is 12.8. The number of carbonyl (C=O) groups is 4. The lowest BCUT2D eigenvalue weighted by atomic mass is 9.95. The molecule has 5 heterocycles. The third-order valence-electron chi connectivity index (χ3n) is 13.2. The van der Waals surface area contributed by atoms with Crippen LogP contribution in [0, 0.1) is 5.92 Å². The Balaban J connectivity index is 1.11. The molecule has 4 fully saturated rings. The average molecular weight is 907 g/mol. The largest absolute Gasteiger partial charge is 0.459 e. The zero-order chi connectivity index (χ0) is 44.9. The standard InChI is InChI=1S/C45H62N8O8S2/c1-27(2)53-34-16-12-14-31(38-47-33(26-62-38)28-17-21-46-22-18-28)36(34)49-41(53)60-30-23-35-37(54)50-45(40(56)51-63(58,59)44(6)19-20-44)24-29(45)13-10-8-7-9-11-15-32(39(55)52(35)25-30)48-42(57)61-43(3,4)5/h10,12-14,16,26-30,32,35,46H,7-9,11,15,17-25H2,1-6H3,(H,48,57)(H,50,54)(H,51,56). The van der Waals surface area contributed by atoms with E-state index < -0.39 is 73.8 Å². The molecule has 2 saturated heterocycles. The number of imidazole rings is 1. The number of nitrogens with zero attached hydrogens (tertiary/aromatic N) is 4. The van der Waals surface area contributed by atoms with Crippen LogP contribution in [0.1, 0.15) is 130 Å². The Kier molecular flexibility index (Phi) is 12.5. The van der Waals surface area contributed by atoms with Crippen molar-refractivity contribution < 1.29 is 37.1 Å². The summed E-state index contributed by atoms with van der Waals surface area (Å²) in [6, 6.07) is 4.12. The highest BCUT2D eigenvalue weighted by Crippen LogP contribution is 2.48. The first-order chi connectivity index (χ1) is 29.9. The first-order valence-corrected chi connectivity index (χ1v) is 24.9. The minimum Gasteiger partial charge on any atom is -0.459 e. The number of thiazole rings is 1. The lowest BCUT2D eigenvalue weighted by Gasteiger charge is -2.30. The van der Waals surface area contributed by atoms with Crippen molar-refractivity contribution in [2.45, 2.75) is 158 Å². The summed E-state index contributed by atoms with van der Waals surface area (Å²) < 4.78 is 42.2. The maximum Gasteiger partial charge on any atom is 0.408 e. The molecule has 342 valence electrons. The highest BCUT2D eigenvalue weighted by atomic mass is 32.2. The first-order valence-electron chi connectivity index (χ1n) is 22.6. The fourth-order valence-corrected chi connectivity index (χ4v) is 11.4. The van der Waals surface area contributed by atoms with Crippen molar-refractivity contribution in [2.75, 3.05) is 19.6 Å². The zero-order valence-corrected chi connectivity index (χ0v) is 38.8. The second kappa shape index (κ2) is 17.4. The van der Waals surface area contributed by atoms with Crippen LogP contribution in [0.25, 0.3) is 21.6 Å². The number of alkyl carbamates (subject to hydrolysis) is 1. The molecule has 2 aromatic heterocycles. The molecule has 0 bridgehead atoms. The van der Waals surface area contributed by atoms with Gasteiger partial charge in [-0.2, -0.15) is 4.98 Å². The van der Waals surface area contributed by atoms with Crippen molar-refractivity contribution in [3.8, 4) is 16.6 Å². The van der Waals surface area contributed by atoms with Gasteiger partial charge in [-0.1, -0.05) is 31.1 Å². The van der Waals surface area contributed by atoms with E-state index in [1.807, 2.05) is 48.8 Å². The number of hydrogen-bond acceptors (Lipinski definition) is 12. The highest BCUT2D eigenvalue weighted by Gasteiger charge is 2.63. The van der Waals surface area contributed by atoms with Gasteiger partial charge in [-0.05, 0) is 118 Å². The van der Waals surface area contributed by atoms with Crippen LogP contribution in [-0.2, 0) is 29.1 Å². The summed E-state index contributed by atoms with van der Waals surface area (Å²) in [6.07, 6.45) is 8.76. The Labute approximate surface area is 373 Å². The molecule has 3 aromatic rings. The number of hydrogen-bond donors (Lipinski definition) is 4. The van der Waals surface area contributed by atoms with E-state index >= 15 is 0 Å². The van der Waals surface area contributed by atoms with Gasteiger partial charge >= 0.3 is 6.09 Å². The molecule has 3 aliphatic heterocycles. The van der Waals surface area contributed by atoms with Crippen molar-refractivity contribution in [3.05, 3.63) is 41.4 Å². The molecule has 2 saturated carbocycles. The summed E-state index contributed by atoms with van der Waals surface area (Å²) in [7, 11) is -4.01. The number of carbonyl (C=O) groups excluding carboxylic acids is 4. The number of benzene rings is 1. The van der Waals surface area contributed by atoms with Crippen LogP contribution in [-0.4, -0.2) is 105 Å². The van der Waals surface area contributed by atoms with E-state index in [1.54, 1.807) is 39.0 Å². The number of para-hydroxylation sites is 1. The van der Waals surface area contributed by atoms with Crippen molar-refractivity contribution in [2.24, 2.45) is 5.92 Å². The maximum atomic E-state index is 14.8. The minimum atomic E-state index is -4.01. The molecule has 5 aliphatic rings. The van der Waals surface area contributed by atoms with Gasteiger partial charge in [0.05, 0.1) is 22.5 Å². The van der Waals surface area contributed by atoms with Crippen LogP contribution in [0.15, 0.2) is 35.7 Å². The third-order valence-corrected chi connectivity index (χ3v) is 16.2. The fourth-order valence-electron chi connectivity index (χ4n) is 9.11. The zero-order valence-electron chi connectivity index (χ0n) is 37.2. The van der Waals surface area contributed by atoms with Crippen LogP contribution in [0.5, 0.6) is 6.01 Å². The average Bonchev–Trinajstić information content (AvgIpc) is 3.89. The molecular weight excluding hydrogens is 845 g/mol. The molecule has 0 radical (unpaired) electrons. The van der Waals surface area contributed by atoms with E-state index in [1.165, 1.54) is 4.90 Å². The van der Waals surface area contributed by atoms with E-state index in [4.69, 9.17) is 19.4 Å². The predicted octanol–water partition coefficient (Wildman–Crippen LogP) is 5.84. The Morgan fingerprint density at radius 1 is 1.05 bits per heavy atom. The molecule has 4 N–H and O–H groups in total. The van der Waals surface area contributed by atoms with Gasteiger partial charge in [-0.15, -0.1) is 11.3 Å². The van der Waals surface area contributed by atoms with Gasteiger partial charge < -0.3 is 30.3 Å². The van der Waals surface area contributed by atoms with Gasteiger partial charge in [0, 0.05) is 35.2 Å². The van der Waals surface area contributed by atoms with Crippen LogP contribution >= 0.6 is 11.3 Å². The fraction of sp³-hybridized carbons (Fsp3) is 0.644. The Bertz CT molecular complexity index is 2380. The van der Waals surface area contributed by atoms with Crippen molar-refractivity contribution >= 4 is 56.2 Å². The van der Waals surface area contributed by atoms with E-state index in [9.17, 15) is 27.6 Å². The number of aromatic nitrogens is 3. The number of piperidine rings is 1. The van der Waals surface area contributed by atoms with E-state index in [2.05, 4.69) is 26.1 Å². The number of fused-ring (bicyclic) bond motifs is 3. The smallest absolute Gasteiger partial charge is 0.408 e. The van der Waals surface area contributed by atoms with Crippen LogP contribution < -0.4 is 25.4 Å². The molecule has 1 aromatic carbocycles. The molecule has 8 rings (SSSR count). The van der Waals surface area contributed by atoms with Gasteiger partial charge in [-0.25, -0.2) is 18.2 Å². The lowest BCUT2D eigenvalue weighted by molar-refractivity contribution is -0.141. The van der Waals surface area contributed by atoms with Crippen LogP contribution in [0.4, 0.5) is 4.79 Å². The molecule has 18 heteroatoms. The number of allylic oxidation sites excluding steroid dienone is 1.